The average Bonchev–Trinajstić information content (AvgIpc) is 3.22. The molecule has 0 aliphatic carbocycles. The zero-order valence-electron chi connectivity index (χ0n) is 18.1. The van der Waals surface area contributed by atoms with Crippen LogP contribution < -0.4 is 16.0 Å². The summed E-state index contributed by atoms with van der Waals surface area (Å²) >= 11 is 5.19. The topological polar surface area (TPSA) is 66.3 Å². The molecule has 0 atom stereocenters. The fraction of sp³-hybridized carbons (Fsp3) is 0.120. The monoisotopic (exact) mass is 501 g/mol. The van der Waals surface area contributed by atoms with Gasteiger partial charge in [0, 0.05) is 24.0 Å². The van der Waals surface area contributed by atoms with Gasteiger partial charge >= 0.3 is 6.18 Å². The van der Waals surface area contributed by atoms with Crippen LogP contribution in [0.4, 0.5) is 28.9 Å². The molecular weight excluding hydrogens is 482 g/mol. The van der Waals surface area contributed by atoms with Crippen molar-refractivity contribution in [1.29, 1.82) is 0 Å². The van der Waals surface area contributed by atoms with Gasteiger partial charge in [0.05, 0.1) is 16.8 Å². The van der Waals surface area contributed by atoms with Crippen molar-refractivity contribution in [1.82, 2.24) is 5.32 Å². The molecule has 0 saturated carbocycles. The molecule has 10 heteroatoms. The Labute approximate surface area is 203 Å². The van der Waals surface area contributed by atoms with Gasteiger partial charge < -0.3 is 20.4 Å². The molecule has 5 nitrogen and oxygen atoms in total. The van der Waals surface area contributed by atoms with Gasteiger partial charge in [0.25, 0.3) is 5.91 Å². The number of rotatable bonds is 6. The molecule has 1 amide bonds. The Bertz CT molecular complexity index is 1350. The Balaban J connectivity index is 1.40. The molecule has 0 aliphatic heterocycles. The third kappa shape index (κ3) is 5.96. The first-order valence-corrected chi connectivity index (χ1v) is 10.9. The lowest BCUT2D eigenvalue weighted by Gasteiger charge is -2.17. The van der Waals surface area contributed by atoms with E-state index in [0.717, 1.165) is 34.9 Å². The number of fused-ring (bicyclic) bond motifs is 1. The van der Waals surface area contributed by atoms with Gasteiger partial charge in [-0.3, -0.25) is 4.79 Å². The van der Waals surface area contributed by atoms with Crippen molar-refractivity contribution >= 4 is 45.6 Å². The van der Waals surface area contributed by atoms with Crippen molar-refractivity contribution in [3.63, 3.8) is 0 Å². The number of hydrogen-bond donors (Lipinski definition) is 3. The number of benzene rings is 3. The molecule has 0 unspecified atom stereocenters. The van der Waals surface area contributed by atoms with Crippen molar-refractivity contribution < 1.29 is 26.8 Å². The van der Waals surface area contributed by atoms with Gasteiger partial charge in [0.1, 0.15) is 17.2 Å². The Hall–Kier alpha value is -3.92. The molecule has 3 N–H and O–H groups in total. The van der Waals surface area contributed by atoms with E-state index in [4.69, 9.17) is 16.6 Å². The summed E-state index contributed by atoms with van der Waals surface area (Å²) in [5.41, 5.74) is -1.12. The van der Waals surface area contributed by atoms with Crippen LogP contribution in [-0.2, 0) is 12.6 Å². The van der Waals surface area contributed by atoms with Crippen LogP contribution in [0.15, 0.2) is 77.2 Å². The van der Waals surface area contributed by atoms with E-state index in [-0.39, 0.29) is 16.4 Å². The molecule has 35 heavy (non-hydrogen) atoms. The number of halogens is 4. The van der Waals surface area contributed by atoms with Gasteiger partial charge in [-0.15, -0.1) is 0 Å². The summed E-state index contributed by atoms with van der Waals surface area (Å²) in [5, 5.41) is 8.86. The second kappa shape index (κ2) is 10.1. The standard InChI is InChI=1S/C25H19F4N3O2S/c26-20-7-3-2-6-18(20)23(33)32-21-10-9-16(14-19(21)25(27,28)29)31-24(35)30-12-11-17-13-15-5-1-4-8-22(15)34-17/h1-10,13-14H,11-12H2,(H,32,33)(H2,30,31,35). The molecule has 180 valence electrons. The maximum Gasteiger partial charge on any atom is 0.418 e. The number of nitrogens with one attached hydrogen (secondary N) is 3. The van der Waals surface area contributed by atoms with Crippen molar-refractivity contribution in [2.45, 2.75) is 12.6 Å². The Morgan fingerprint density at radius 1 is 0.943 bits per heavy atom. The fourth-order valence-corrected chi connectivity index (χ4v) is 3.66. The number of para-hydroxylation sites is 1. The van der Waals surface area contributed by atoms with Crippen LogP contribution in [0.5, 0.6) is 0 Å². The maximum absolute atomic E-state index is 13.8. The summed E-state index contributed by atoms with van der Waals surface area (Å²) in [6, 6.07) is 17.8. The SMILES string of the molecule is O=C(Nc1ccc(NC(=S)NCCc2cc3ccccc3o2)cc1C(F)(F)F)c1ccccc1F. The Kier molecular flexibility index (Phi) is 7.02. The highest BCUT2D eigenvalue weighted by molar-refractivity contribution is 7.80. The molecule has 0 saturated heterocycles. The van der Waals surface area contributed by atoms with Crippen LogP contribution in [0, 0.1) is 5.82 Å². The minimum atomic E-state index is -4.77. The van der Waals surface area contributed by atoms with Crippen molar-refractivity contribution in [3.05, 3.63) is 95.5 Å². The minimum Gasteiger partial charge on any atom is -0.461 e. The molecule has 1 aromatic heterocycles. The molecule has 4 rings (SSSR count). The zero-order valence-corrected chi connectivity index (χ0v) is 18.9. The number of alkyl halides is 3. The molecule has 0 bridgehead atoms. The number of furan rings is 1. The van der Waals surface area contributed by atoms with Crippen molar-refractivity contribution in [2.75, 3.05) is 17.2 Å². The summed E-state index contributed by atoms with van der Waals surface area (Å²) in [6.45, 7) is 0.397. The molecule has 1 heterocycles. The van der Waals surface area contributed by atoms with E-state index in [0.29, 0.717) is 13.0 Å². The third-order valence-corrected chi connectivity index (χ3v) is 5.33. The molecule has 0 aliphatic rings. The highest BCUT2D eigenvalue weighted by atomic mass is 32.1. The van der Waals surface area contributed by atoms with E-state index in [1.54, 1.807) is 0 Å². The first-order valence-electron chi connectivity index (χ1n) is 10.5. The number of carbonyl (C=O) groups is 1. The van der Waals surface area contributed by atoms with Gasteiger partial charge in [0.15, 0.2) is 5.11 Å². The zero-order chi connectivity index (χ0) is 25.0. The van der Waals surface area contributed by atoms with Gasteiger partial charge in [-0.25, -0.2) is 4.39 Å². The summed E-state index contributed by atoms with van der Waals surface area (Å²) in [5.74, 6) is -1.08. The summed E-state index contributed by atoms with van der Waals surface area (Å²) in [4.78, 5) is 12.3. The van der Waals surface area contributed by atoms with E-state index in [9.17, 15) is 22.4 Å². The second-order valence-corrected chi connectivity index (χ2v) is 7.98. The number of amides is 1. The minimum absolute atomic E-state index is 0.0717. The Morgan fingerprint density at radius 3 is 2.43 bits per heavy atom. The average molecular weight is 502 g/mol. The van der Waals surface area contributed by atoms with Gasteiger partial charge in [-0.1, -0.05) is 30.3 Å². The fourth-order valence-electron chi connectivity index (χ4n) is 3.44. The number of carbonyl (C=O) groups excluding carboxylic acids is 1. The predicted molar refractivity (Wildman–Crippen MR) is 130 cm³/mol. The van der Waals surface area contributed by atoms with Crippen LogP contribution in [0.3, 0.4) is 0 Å². The lowest BCUT2D eigenvalue weighted by atomic mass is 10.1. The van der Waals surface area contributed by atoms with Gasteiger partial charge in [-0.05, 0) is 54.7 Å². The maximum atomic E-state index is 13.8. The second-order valence-electron chi connectivity index (χ2n) is 7.57. The van der Waals surface area contributed by atoms with Crippen LogP contribution in [-0.4, -0.2) is 17.6 Å². The molecule has 0 radical (unpaired) electrons. The highest BCUT2D eigenvalue weighted by Crippen LogP contribution is 2.37. The van der Waals surface area contributed by atoms with E-state index in [2.05, 4.69) is 16.0 Å². The van der Waals surface area contributed by atoms with Crippen LogP contribution in [0.25, 0.3) is 11.0 Å². The largest absolute Gasteiger partial charge is 0.461 e. The van der Waals surface area contributed by atoms with Crippen molar-refractivity contribution in [2.24, 2.45) is 0 Å². The normalized spacial score (nSPS) is 11.3. The summed E-state index contributed by atoms with van der Waals surface area (Å²) < 4.78 is 60.5. The lowest BCUT2D eigenvalue weighted by Crippen LogP contribution is -2.30. The van der Waals surface area contributed by atoms with Crippen LogP contribution in [0.2, 0.25) is 0 Å². The van der Waals surface area contributed by atoms with E-state index in [1.165, 1.54) is 24.3 Å². The molecule has 0 fully saturated rings. The smallest absolute Gasteiger partial charge is 0.418 e. The molecule has 3 aromatic carbocycles. The molecular formula is C25H19F4N3O2S. The Morgan fingerprint density at radius 2 is 1.69 bits per heavy atom. The third-order valence-electron chi connectivity index (χ3n) is 5.08. The van der Waals surface area contributed by atoms with Gasteiger partial charge in [0.2, 0.25) is 0 Å². The number of anilines is 2. The van der Waals surface area contributed by atoms with Crippen molar-refractivity contribution in [3.8, 4) is 0 Å². The van der Waals surface area contributed by atoms with E-state index in [1.807, 2.05) is 30.3 Å². The highest BCUT2D eigenvalue weighted by Gasteiger charge is 2.34. The quantitative estimate of drug-likeness (QED) is 0.212. The lowest BCUT2D eigenvalue weighted by molar-refractivity contribution is -0.136. The predicted octanol–water partition coefficient (Wildman–Crippen LogP) is 6.37. The first-order chi connectivity index (χ1) is 16.7. The number of hydrogen-bond acceptors (Lipinski definition) is 3. The van der Waals surface area contributed by atoms with E-state index < -0.39 is 29.2 Å². The van der Waals surface area contributed by atoms with E-state index >= 15 is 0 Å². The molecule has 4 aromatic rings. The first kappa shape index (κ1) is 24.2. The summed E-state index contributed by atoms with van der Waals surface area (Å²) in [6.07, 6.45) is -4.25. The van der Waals surface area contributed by atoms with Crippen LogP contribution >= 0.6 is 12.2 Å². The van der Waals surface area contributed by atoms with Crippen LogP contribution in [0.1, 0.15) is 21.7 Å². The number of thiocarbonyl (C=S) groups is 1. The van der Waals surface area contributed by atoms with Gasteiger partial charge in [-0.2, -0.15) is 13.2 Å². The summed E-state index contributed by atoms with van der Waals surface area (Å²) in [7, 11) is 0. The molecule has 0 spiro atoms.